The Morgan fingerprint density at radius 1 is 0.875 bits per heavy atom. The van der Waals surface area contributed by atoms with Gasteiger partial charge in [0.15, 0.2) is 5.75 Å². The summed E-state index contributed by atoms with van der Waals surface area (Å²) in [6, 6.07) is 9.28. The van der Waals surface area contributed by atoms with E-state index in [1.807, 2.05) is 32.0 Å². The monoisotopic (exact) mass is 388 g/mol. The summed E-state index contributed by atoms with van der Waals surface area (Å²) in [5, 5.41) is 10.6. The van der Waals surface area contributed by atoms with E-state index in [2.05, 4.69) is 13.8 Å². The molecule has 0 saturated carbocycles. The predicted molar refractivity (Wildman–Crippen MR) is 104 cm³/mol. The van der Waals surface area contributed by atoms with Gasteiger partial charge in [-0.1, -0.05) is 74.6 Å². The summed E-state index contributed by atoms with van der Waals surface area (Å²) in [5.41, 5.74) is 2.19. The van der Waals surface area contributed by atoms with Crippen molar-refractivity contribution in [3.05, 3.63) is 56.5 Å². The zero-order valence-electron chi connectivity index (χ0n) is 14.5. The third-order valence-electron chi connectivity index (χ3n) is 3.53. The molecule has 0 aliphatic rings. The first-order valence-electron chi connectivity index (χ1n) is 7.69. The Morgan fingerprint density at radius 2 is 1.42 bits per heavy atom. The molecule has 2 aromatic carbocycles. The maximum Gasteiger partial charge on any atom is 0.152 e. The smallest absolute Gasteiger partial charge is 0.152 e. The van der Waals surface area contributed by atoms with Gasteiger partial charge in [0.25, 0.3) is 0 Å². The van der Waals surface area contributed by atoms with Crippen LogP contribution in [0.1, 0.15) is 50.7 Å². The number of phenolic OH excluding ortho intramolecular Hbond substituents is 1. The van der Waals surface area contributed by atoms with E-state index < -0.39 is 0 Å². The molecule has 0 aliphatic carbocycles. The van der Waals surface area contributed by atoms with Gasteiger partial charge in [-0.15, -0.1) is 0 Å². The highest BCUT2D eigenvalue weighted by molar-refractivity contribution is 6.37. The standard InChI is InChI=1S/C10H13ClO.C9H10Cl2O/c1-7(2)8-5-4-6-9(11)10(8)12-3;1-5(2)6-3-7(10)9(12)8(11)4-6/h4-7H,1-3H3;3-5,12H,1-2H3. The SMILES string of the molecule is CC(C)c1cc(Cl)c(O)c(Cl)c1.COc1c(Cl)cccc1C(C)C. The summed E-state index contributed by atoms with van der Waals surface area (Å²) in [5.74, 6) is 1.57. The summed E-state index contributed by atoms with van der Waals surface area (Å²) in [6.07, 6.45) is 0. The summed E-state index contributed by atoms with van der Waals surface area (Å²) in [7, 11) is 1.65. The van der Waals surface area contributed by atoms with E-state index in [1.165, 1.54) is 0 Å². The van der Waals surface area contributed by atoms with Crippen molar-refractivity contribution in [2.24, 2.45) is 0 Å². The molecule has 0 aliphatic heterocycles. The Morgan fingerprint density at radius 3 is 1.79 bits per heavy atom. The highest BCUT2D eigenvalue weighted by Crippen LogP contribution is 2.35. The number of aromatic hydroxyl groups is 1. The molecule has 132 valence electrons. The van der Waals surface area contributed by atoms with Gasteiger partial charge in [0.05, 0.1) is 22.2 Å². The van der Waals surface area contributed by atoms with Crippen molar-refractivity contribution in [2.75, 3.05) is 7.11 Å². The first-order chi connectivity index (χ1) is 11.2. The zero-order valence-corrected chi connectivity index (χ0v) is 16.8. The second-order valence-corrected chi connectivity index (χ2v) is 7.23. The maximum atomic E-state index is 9.25. The van der Waals surface area contributed by atoms with Crippen LogP contribution in [-0.2, 0) is 0 Å². The van der Waals surface area contributed by atoms with Gasteiger partial charge in [0.2, 0.25) is 0 Å². The number of hydrogen-bond acceptors (Lipinski definition) is 2. The van der Waals surface area contributed by atoms with E-state index in [-0.39, 0.29) is 5.75 Å². The lowest BCUT2D eigenvalue weighted by Gasteiger charge is -2.12. The molecule has 2 nitrogen and oxygen atoms in total. The normalized spacial score (nSPS) is 10.6. The molecule has 0 heterocycles. The Balaban J connectivity index is 0.000000240. The molecule has 0 unspecified atom stereocenters. The van der Waals surface area contributed by atoms with Crippen molar-refractivity contribution in [1.29, 1.82) is 0 Å². The van der Waals surface area contributed by atoms with E-state index in [0.717, 1.165) is 16.9 Å². The topological polar surface area (TPSA) is 29.5 Å². The van der Waals surface area contributed by atoms with Gasteiger partial charge in [-0.2, -0.15) is 0 Å². The fourth-order valence-electron chi connectivity index (χ4n) is 2.11. The highest BCUT2D eigenvalue weighted by Gasteiger charge is 2.09. The number of hydrogen-bond donors (Lipinski definition) is 1. The van der Waals surface area contributed by atoms with Crippen LogP contribution in [0, 0.1) is 0 Å². The molecule has 24 heavy (non-hydrogen) atoms. The molecule has 5 heteroatoms. The minimum absolute atomic E-state index is 0.0391. The van der Waals surface area contributed by atoms with Crippen molar-refractivity contribution in [3.63, 3.8) is 0 Å². The van der Waals surface area contributed by atoms with Crippen LogP contribution >= 0.6 is 34.8 Å². The third kappa shape index (κ3) is 5.47. The second kappa shape index (κ2) is 9.41. The molecule has 0 bridgehead atoms. The van der Waals surface area contributed by atoms with Gasteiger partial charge in [-0.05, 0) is 41.2 Å². The largest absolute Gasteiger partial charge is 0.505 e. The second-order valence-electron chi connectivity index (χ2n) is 6.00. The number of rotatable bonds is 3. The molecule has 0 atom stereocenters. The van der Waals surface area contributed by atoms with Crippen LogP contribution in [0.3, 0.4) is 0 Å². The average molecular weight is 390 g/mol. The number of halogens is 3. The summed E-state index contributed by atoms with van der Waals surface area (Å²) in [4.78, 5) is 0. The van der Waals surface area contributed by atoms with Crippen LogP contribution in [0.2, 0.25) is 15.1 Å². The quantitative estimate of drug-likeness (QED) is 0.597. The van der Waals surface area contributed by atoms with Gasteiger partial charge in [0, 0.05) is 0 Å². The van der Waals surface area contributed by atoms with Gasteiger partial charge >= 0.3 is 0 Å². The molecule has 0 spiro atoms. The molecule has 2 rings (SSSR count). The minimum Gasteiger partial charge on any atom is -0.505 e. The van der Waals surface area contributed by atoms with Crippen LogP contribution in [0.4, 0.5) is 0 Å². The van der Waals surface area contributed by atoms with Crippen molar-refractivity contribution in [1.82, 2.24) is 0 Å². The van der Waals surface area contributed by atoms with E-state index in [9.17, 15) is 5.11 Å². The van der Waals surface area contributed by atoms with Crippen LogP contribution in [0.15, 0.2) is 30.3 Å². The molecular weight excluding hydrogens is 367 g/mol. The predicted octanol–water partition coefficient (Wildman–Crippen LogP) is 7.29. The average Bonchev–Trinajstić information content (AvgIpc) is 2.52. The Labute approximate surface area is 159 Å². The van der Waals surface area contributed by atoms with Gasteiger partial charge in [0.1, 0.15) is 5.75 Å². The highest BCUT2D eigenvalue weighted by atomic mass is 35.5. The van der Waals surface area contributed by atoms with Crippen LogP contribution in [0.5, 0.6) is 11.5 Å². The molecule has 2 aromatic rings. The lowest BCUT2D eigenvalue weighted by Crippen LogP contribution is -1.94. The van der Waals surface area contributed by atoms with Gasteiger partial charge in [-0.3, -0.25) is 0 Å². The maximum absolute atomic E-state index is 9.25. The fraction of sp³-hybridized carbons (Fsp3) is 0.368. The number of para-hydroxylation sites is 1. The fourth-order valence-corrected chi connectivity index (χ4v) is 2.88. The van der Waals surface area contributed by atoms with E-state index in [0.29, 0.717) is 26.9 Å². The molecule has 0 fully saturated rings. The van der Waals surface area contributed by atoms with Gasteiger partial charge in [-0.25, -0.2) is 0 Å². The Bertz CT molecular complexity index is 659. The number of ether oxygens (including phenoxy) is 1. The van der Waals surface area contributed by atoms with E-state index in [4.69, 9.17) is 39.5 Å². The summed E-state index contributed by atoms with van der Waals surface area (Å²) >= 11 is 17.4. The molecule has 0 aromatic heterocycles. The number of phenols is 1. The van der Waals surface area contributed by atoms with Crippen molar-refractivity contribution in [2.45, 2.75) is 39.5 Å². The van der Waals surface area contributed by atoms with Crippen molar-refractivity contribution in [3.8, 4) is 11.5 Å². The number of benzene rings is 2. The summed E-state index contributed by atoms with van der Waals surface area (Å²) in [6.45, 7) is 8.32. The van der Waals surface area contributed by atoms with Gasteiger partial charge < -0.3 is 9.84 Å². The molecule has 1 N–H and O–H groups in total. The third-order valence-corrected chi connectivity index (χ3v) is 4.40. The Hall–Kier alpha value is -1.09. The molecular formula is C19H23Cl3O2. The zero-order chi connectivity index (χ0) is 18.4. The van der Waals surface area contributed by atoms with E-state index in [1.54, 1.807) is 19.2 Å². The minimum atomic E-state index is -0.0391. The molecule has 0 radical (unpaired) electrons. The lowest BCUT2D eigenvalue weighted by molar-refractivity contribution is 0.408. The Kier molecular flexibility index (Phi) is 8.21. The van der Waals surface area contributed by atoms with Crippen molar-refractivity contribution < 1.29 is 9.84 Å². The molecule has 0 saturated heterocycles. The molecule has 0 amide bonds. The first kappa shape index (κ1) is 21.0. The van der Waals surface area contributed by atoms with Crippen LogP contribution in [-0.4, -0.2) is 12.2 Å². The van der Waals surface area contributed by atoms with Crippen LogP contribution < -0.4 is 4.74 Å². The summed E-state index contributed by atoms with van der Waals surface area (Å²) < 4.78 is 5.21. The van der Waals surface area contributed by atoms with E-state index >= 15 is 0 Å². The van der Waals surface area contributed by atoms with Crippen LogP contribution in [0.25, 0.3) is 0 Å². The number of methoxy groups -OCH3 is 1. The van der Waals surface area contributed by atoms with Crippen molar-refractivity contribution >= 4 is 34.8 Å². The lowest BCUT2D eigenvalue weighted by atomic mass is 10.0. The first-order valence-corrected chi connectivity index (χ1v) is 8.82.